The summed E-state index contributed by atoms with van der Waals surface area (Å²) in [7, 11) is 0. The van der Waals surface area contributed by atoms with E-state index in [0.29, 0.717) is 29.2 Å². The van der Waals surface area contributed by atoms with E-state index in [2.05, 4.69) is 34.7 Å². The number of carbonyl (C=O) groups excluding carboxylic acids is 2. The number of nitrogens with zero attached hydrogens (tertiary/aromatic N) is 1. The van der Waals surface area contributed by atoms with Crippen LogP contribution in [0, 0.1) is 5.92 Å². The molecule has 3 rings (SSSR count). The number of anilines is 1. The zero-order chi connectivity index (χ0) is 21.5. The topological polar surface area (TPSA) is 73.5 Å². The molecule has 1 saturated heterocycles. The maximum absolute atomic E-state index is 12.9. The maximum Gasteiger partial charge on any atom is 0.320 e. The average Bonchev–Trinajstić information content (AvgIpc) is 3.27. The number of likely N-dealkylation sites (tertiary alicyclic amines) is 1. The number of piperidine rings is 1. The fraction of sp³-hybridized carbons (Fsp3) is 0.455. The summed E-state index contributed by atoms with van der Waals surface area (Å²) in [4.78, 5) is 28.7. The fourth-order valence-corrected chi connectivity index (χ4v) is 4.47. The summed E-state index contributed by atoms with van der Waals surface area (Å²) < 4.78 is 0. The molecule has 6 nitrogen and oxygen atoms in total. The predicted molar refractivity (Wildman–Crippen MR) is 123 cm³/mol. The van der Waals surface area contributed by atoms with Crippen LogP contribution in [0.5, 0.6) is 0 Å². The highest BCUT2D eigenvalue weighted by molar-refractivity contribution is 7.10. The van der Waals surface area contributed by atoms with Crippen LogP contribution in [0.15, 0.2) is 41.8 Å². The van der Waals surface area contributed by atoms with E-state index in [0.717, 1.165) is 30.8 Å². The molecule has 0 bridgehead atoms. The first-order valence-corrected chi connectivity index (χ1v) is 11.6. The minimum atomic E-state index is -0.729. The van der Waals surface area contributed by atoms with Gasteiger partial charge in [-0.05, 0) is 81.4 Å². The summed E-state index contributed by atoms with van der Waals surface area (Å²) in [6.45, 7) is 7.19. The van der Waals surface area contributed by atoms with Crippen LogP contribution in [0.25, 0.3) is 0 Å². The van der Waals surface area contributed by atoms with Crippen LogP contribution >= 0.6 is 22.9 Å². The van der Waals surface area contributed by atoms with Gasteiger partial charge in [-0.3, -0.25) is 4.79 Å². The first-order valence-electron chi connectivity index (χ1n) is 10.3. The molecular weight excluding hydrogens is 420 g/mol. The quantitative estimate of drug-likeness (QED) is 0.583. The Morgan fingerprint density at radius 3 is 2.47 bits per heavy atom. The number of halogens is 1. The van der Waals surface area contributed by atoms with E-state index in [1.165, 1.54) is 11.3 Å². The molecule has 8 heteroatoms. The van der Waals surface area contributed by atoms with Crippen LogP contribution < -0.4 is 16.0 Å². The van der Waals surface area contributed by atoms with Gasteiger partial charge in [-0.25, -0.2) is 4.79 Å². The van der Waals surface area contributed by atoms with Gasteiger partial charge in [0.15, 0.2) is 0 Å². The minimum Gasteiger partial charge on any atom is -0.354 e. The van der Waals surface area contributed by atoms with Crippen molar-refractivity contribution in [3.05, 3.63) is 51.7 Å². The van der Waals surface area contributed by atoms with E-state index in [-0.39, 0.29) is 5.91 Å². The molecule has 162 valence electrons. The molecule has 1 atom stereocenters. The smallest absolute Gasteiger partial charge is 0.320 e. The third kappa shape index (κ3) is 6.45. The van der Waals surface area contributed by atoms with Crippen molar-refractivity contribution in [3.63, 3.8) is 0 Å². The number of urea groups is 1. The van der Waals surface area contributed by atoms with Crippen molar-refractivity contribution in [2.45, 2.75) is 38.8 Å². The van der Waals surface area contributed by atoms with E-state index in [9.17, 15) is 9.59 Å². The predicted octanol–water partition coefficient (Wildman–Crippen LogP) is 4.50. The molecule has 30 heavy (non-hydrogen) atoms. The summed E-state index contributed by atoms with van der Waals surface area (Å²) in [5.41, 5.74) is 0.610. The molecule has 0 spiro atoms. The SMILES string of the molecule is CC(C)N1CCC(CNC(=O)C(NC(=O)Nc2ccc(Cl)cc2)c2cccs2)CC1. The van der Waals surface area contributed by atoms with E-state index in [4.69, 9.17) is 11.6 Å². The molecule has 1 aliphatic heterocycles. The molecule has 1 aliphatic rings. The van der Waals surface area contributed by atoms with Crippen LogP contribution in [0.3, 0.4) is 0 Å². The van der Waals surface area contributed by atoms with Crippen molar-refractivity contribution >= 4 is 40.6 Å². The highest BCUT2D eigenvalue weighted by Crippen LogP contribution is 2.22. The molecule has 0 saturated carbocycles. The van der Waals surface area contributed by atoms with Gasteiger partial charge in [0.25, 0.3) is 0 Å². The van der Waals surface area contributed by atoms with E-state index in [1.807, 2.05) is 17.5 Å². The number of benzene rings is 1. The molecule has 0 radical (unpaired) electrons. The fourth-order valence-electron chi connectivity index (χ4n) is 3.57. The minimum absolute atomic E-state index is 0.185. The van der Waals surface area contributed by atoms with Gasteiger partial charge < -0.3 is 20.9 Å². The van der Waals surface area contributed by atoms with Gasteiger partial charge >= 0.3 is 6.03 Å². The zero-order valence-electron chi connectivity index (χ0n) is 17.4. The molecule has 1 fully saturated rings. The molecule has 3 N–H and O–H groups in total. The standard InChI is InChI=1S/C22H29ClN4O2S/c1-15(2)27-11-9-16(10-12-27)14-24-21(28)20(19-4-3-13-30-19)26-22(29)25-18-7-5-17(23)6-8-18/h3-8,13,15-16,20H,9-12,14H2,1-2H3,(H,24,28)(H2,25,26,29). The van der Waals surface area contributed by atoms with Crippen LogP contribution in [0.4, 0.5) is 10.5 Å². The molecule has 3 amide bonds. The van der Waals surface area contributed by atoms with Crippen molar-refractivity contribution in [3.8, 4) is 0 Å². The normalized spacial score (nSPS) is 16.3. The largest absolute Gasteiger partial charge is 0.354 e. The summed E-state index contributed by atoms with van der Waals surface area (Å²) in [6, 6.07) is 9.96. The van der Waals surface area contributed by atoms with Crippen LogP contribution in [-0.2, 0) is 4.79 Å². The molecule has 2 heterocycles. The highest BCUT2D eigenvalue weighted by Gasteiger charge is 2.26. The van der Waals surface area contributed by atoms with E-state index < -0.39 is 12.1 Å². The van der Waals surface area contributed by atoms with Crippen molar-refractivity contribution in [2.24, 2.45) is 5.92 Å². The molecular formula is C22H29ClN4O2S. The Balaban J connectivity index is 1.55. The zero-order valence-corrected chi connectivity index (χ0v) is 18.9. The second-order valence-corrected chi connectivity index (χ2v) is 9.29. The Labute approximate surface area is 187 Å². The monoisotopic (exact) mass is 448 g/mol. The van der Waals surface area contributed by atoms with Crippen LogP contribution in [-0.4, -0.2) is 42.5 Å². The lowest BCUT2D eigenvalue weighted by molar-refractivity contribution is -0.123. The lowest BCUT2D eigenvalue weighted by Crippen LogP contribution is -2.45. The van der Waals surface area contributed by atoms with Gasteiger partial charge in [-0.1, -0.05) is 17.7 Å². The van der Waals surface area contributed by atoms with Crippen molar-refractivity contribution in [1.29, 1.82) is 0 Å². The summed E-state index contributed by atoms with van der Waals surface area (Å²) >= 11 is 7.33. The number of amides is 3. The van der Waals surface area contributed by atoms with Crippen molar-refractivity contribution < 1.29 is 9.59 Å². The number of hydrogen-bond acceptors (Lipinski definition) is 4. The molecule has 0 aliphatic carbocycles. The molecule has 1 unspecified atom stereocenters. The van der Waals surface area contributed by atoms with Gasteiger partial charge in [0.2, 0.25) is 5.91 Å². The highest BCUT2D eigenvalue weighted by atomic mass is 35.5. The average molecular weight is 449 g/mol. The second kappa shape index (κ2) is 10.8. The van der Waals surface area contributed by atoms with Gasteiger partial charge in [0.05, 0.1) is 0 Å². The molecule has 1 aromatic heterocycles. The van der Waals surface area contributed by atoms with Gasteiger partial charge in [-0.2, -0.15) is 0 Å². The number of nitrogens with one attached hydrogen (secondary N) is 3. The number of rotatable bonds is 7. The Kier molecular flexibility index (Phi) is 8.13. The van der Waals surface area contributed by atoms with E-state index in [1.54, 1.807) is 24.3 Å². The van der Waals surface area contributed by atoms with Gasteiger partial charge in [0, 0.05) is 28.2 Å². The maximum atomic E-state index is 12.9. The first kappa shape index (κ1) is 22.6. The van der Waals surface area contributed by atoms with Crippen molar-refractivity contribution in [1.82, 2.24) is 15.5 Å². The molecule has 1 aromatic carbocycles. The van der Waals surface area contributed by atoms with Gasteiger partial charge in [-0.15, -0.1) is 11.3 Å². The first-order chi connectivity index (χ1) is 14.4. The Bertz CT molecular complexity index is 818. The number of thiophene rings is 1. The van der Waals surface area contributed by atoms with Crippen LogP contribution in [0.1, 0.15) is 37.6 Å². The summed E-state index contributed by atoms with van der Waals surface area (Å²) in [5.74, 6) is 0.283. The lowest BCUT2D eigenvalue weighted by atomic mass is 9.96. The lowest BCUT2D eigenvalue weighted by Gasteiger charge is -2.34. The number of hydrogen-bond donors (Lipinski definition) is 3. The Hall–Kier alpha value is -2.09. The molecule has 2 aromatic rings. The Morgan fingerprint density at radius 2 is 1.87 bits per heavy atom. The third-order valence-electron chi connectivity index (χ3n) is 5.41. The Morgan fingerprint density at radius 1 is 1.17 bits per heavy atom. The third-order valence-corrected chi connectivity index (χ3v) is 6.60. The van der Waals surface area contributed by atoms with E-state index >= 15 is 0 Å². The van der Waals surface area contributed by atoms with Crippen molar-refractivity contribution in [2.75, 3.05) is 25.0 Å². The summed E-state index contributed by atoms with van der Waals surface area (Å²) in [5, 5.41) is 11.1. The van der Waals surface area contributed by atoms with Crippen LogP contribution in [0.2, 0.25) is 5.02 Å². The van der Waals surface area contributed by atoms with Gasteiger partial charge in [0.1, 0.15) is 6.04 Å². The summed E-state index contributed by atoms with van der Waals surface area (Å²) in [6.07, 6.45) is 2.15. The second-order valence-electron chi connectivity index (χ2n) is 7.87. The number of carbonyl (C=O) groups is 2.